The topological polar surface area (TPSA) is 230 Å². The van der Waals surface area contributed by atoms with E-state index in [9.17, 15) is 43.2 Å². The van der Waals surface area contributed by atoms with E-state index in [1.165, 1.54) is 32.1 Å². The summed E-state index contributed by atoms with van der Waals surface area (Å²) >= 11 is 0. The summed E-state index contributed by atoms with van der Waals surface area (Å²) in [5, 5.41) is 6.79. The molecule has 11 aromatic rings. The summed E-state index contributed by atoms with van der Waals surface area (Å²) in [5.74, 6) is -1.07. The first kappa shape index (κ1) is 56.9. The number of nitrogen functional groups attached to an aromatic ring is 1. The highest BCUT2D eigenvalue weighted by Crippen LogP contribution is 2.40. The fourth-order valence-electron chi connectivity index (χ4n) is 10.8. The van der Waals surface area contributed by atoms with Crippen molar-refractivity contribution >= 4 is 96.0 Å². The maximum absolute atomic E-state index is 12.8. The second-order valence-corrected chi connectivity index (χ2v) is 20.4. The number of pyridine rings is 3. The average Bonchev–Trinajstić information content (AvgIpc) is 1.89. The number of allylic oxidation sites excluding steroid dienone is 4. The normalized spacial score (nSPS) is 12.9. The lowest BCUT2D eigenvalue weighted by Crippen LogP contribution is -2.23. The van der Waals surface area contributed by atoms with Crippen LogP contribution in [-0.2, 0) is 0 Å². The molecule has 0 unspecified atom stereocenters. The number of hydrogen-bond acceptors (Lipinski definition) is 14. The van der Waals surface area contributed by atoms with Crippen molar-refractivity contribution in [1.82, 2.24) is 15.0 Å². The zero-order valence-electron chi connectivity index (χ0n) is 47.0. The summed E-state index contributed by atoms with van der Waals surface area (Å²) in [6.07, 6.45) is 5.71. The lowest BCUT2D eigenvalue weighted by atomic mass is 9.84. The number of ketones is 9. The summed E-state index contributed by atoms with van der Waals surface area (Å²) < 4.78 is 0. The number of para-hydroxylation sites is 4. The van der Waals surface area contributed by atoms with Gasteiger partial charge in [0.1, 0.15) is 11.4 Å². The number of benzene rings is 8. The van der Waals surface area contributed by atoms with E-state index in [0.717, 1.165) is 49.4 Å². The van der Waals surface area contributed by atoms with Crippen LogP contribution in [0.15, 0.2) is 230 Å². The van der Waals surface area contributed by atoms with Gasteiger partial charge < -0.3 is 11.1 Å². The maximum atomic E-state index is 12.8. The molecule has 8 aromatic carbocycles. The molecule has 15 rings (SSSR count). The van der Waals surface area contributed by atoms with E-state index in [1.54, 1.807) is 121 Å². The van der Waals surface area contributed by atoms with Crippen molar-refractivity contribution in [2.24, 2.45) is 0 Å². The van der Waals surface area contributed by atoms with Gasteiger partial charge in [0.15, 0.2) is 34.7 Å². The molecule has 87 heavy (non-hydrogen) atoms. The van der Waals surface area contributed by atoms with E-state index in [-0.39, 0.29) is 63.4 Å². The third kappa shape index (κ3) is 11.0. The van der Waals surface area contributed by atoms with E-state index < -0.39 is 0 Å². The number of nitrogens with zero attached hydrogens (tertiary/aromatic N) is 3. The number of carbonyl (C=O) groups is 9. The first-order valence-electron chi connectivity index (χ1n) is 27.5. The molecule has 0 fully saturated rings. The molecule has 0 bridgehead atoms. The van der Waals surface area contributed by atoms with Crippen LogP contribution >= 0.6 is 0 Å². The highest BCUT2D eigenvalue weighted by Gasteiger charge is 2.33. The molecule has 4 aliphatic rings. The third-order valence-corrected chi connectivity index (χ3v) is 15.0. The van der Waals surface area contributed by atoms with Crippen LogP contribution in [0.4, 0.5) is 11.4 Å². The molecule has 14 heteroatoms. The first-order chi connectivity index (χ1) is 42.1. The highest BCUT2D eigenvalue weighted by molar-refractivity contribution is 6.30. The fraction of sp³-hybridized carbons (Fsp3) is 0.0411. The molecule has 3 heterocycles. The predicted molar refractivity (Wildman–Crippen MR) is 334 cm³/mol. The smallest absolute Gasteiger partial charge is 0.212 e. The van der Waals surface area contributed by atoms with Gasteiger partial charge in [-0.1, -0.05) is 158 Å². The number of hydrogen-bond donors (Lipinski definition) is 2. The number of fused-ring (bicyclic) bond motifs is 9. The molecule has 0 spiro atoms. The molecule has 3 aromatic heterocycles. The van der Waals surface area contributed by atoms with Gasteiger partial charge in [-0.15, -0.1) is 0 Å². The number of nitrogens with two attached hydrogens (primary N) is 1. The van der Waals surface area contributed by atoms with E-state index in [4.69, 9.17) is 5.73 Å². The number of aryl methyl sites for hydroxylation is 1. The van der Waals surface area contributed by atoms with Gasteiger partial charge in [-0.05, 0) is 86.3 Å². The predicted octanol–water partition coefficient (Wildman–Crippen LogP) is 13.7. The monoisotopic (exact) mass is 1140 g/mol. The van der Waals surface area contributed by atoms with Gasteiger partial charge in [0.2, 0.25) is 17.3 Å². The lowest BCUT2D eigenvalue weighted by molar-refractivity contribution is 0.0975. The Hall–Kier alpha value is -11.9. The average molecular weight is 1140 g/mol. The fourth-order valence-corrected chi connectivity index (χ4v) is 10.8. The van der Waals surface area contributed by atoms with E-state index in [1.807, 2.05) is 91.9 Å². The molecular weight excluding hydrogens is 1090 g/mol. The molecule has 14 nitrogen and oxygen atoms in total. The molecule has 420 valence electrons. The second-order valence-electron chi connectivity index (χ2n) is 20.4. The summed E-state index contributed by atoms with van der Waals surface area (Å²) in [5.41, 5.74) is 16.6. The van der Waals surface area contributed by atoms with Gasteiger partial charge in [0, 0.05) is 95.4 Å². The standard InChI is InChI=1S/C19H10N2O.C18H13NO3.C18H11NO2.C10H6O2.C8H9NO/c22-19-14-7-2-1-6-13(14)17-16-12(9-10-20-17)11-5-3-4-8-15(11)21-18(16)19;1-11(20)12-6-4-5-9-15(12)19-16-10-17(21)13-7-2-3-8-14(13)18(16)22;1-10-11-6-4-5-9-14(11)19-16-15(10)17(20)12-7-2-3-8-13(12)18(16)21;11-9-5-6-10(12)8-4-2-1-3-7(8)9;1-6(10)7-4-2-3-5-8(7)9/h1-10H;2-10,19H,1H3;2-9H,1H3;1-6H;2-5H,9H2,1H3. The van der Waals surface area contributed by atoms with E-state index in [2.05, 4.69) is 20.3 Å². The number of nitrogens with one attached hydrogen (secondary N) is 1. The van der Waals surface area contributed by atoms with Gasteiger partial charge in [0.05, 0.1) is 28.0 Å². The zero-order chi connectivity index (χ0) is 61.0. The number of anilines is 2. The Balaban J connectivity index is 0.000000116. The Labute approximate surface area is 497 Å². The van der Waals surface area contributed by atoms with Crippen molar-refractivity contribution in [2.75, 3.05) is 11.1 Å². The summed E-state index contributed by atoms with van der Waals surface area (Å²) in [6.45, 7) is 4.84. The van der Waals surface area contributed by atoms with Crippen LogP contribution in [0, 0.1) is 6.92 Å². The summed E-state index contributed by atoms with van der Waals surface area (Å²) in [6, 6.07) is 59.5. The van der Waals surface area contributed by atoms with Crippen LogP contribution in [0.25, 0.3) is 43.8 Å². The van der Waals surface area contributed by atoms with Gasteiger partial charge in [-0.3, -0.25) is 48.1 Å². The molecule has 0 saturated heterocycles. The molecule has 3 N–H and O–H groups in total. The van der Waals surface area contributed by atoms with Crippen LogP contribution in [0.3, 0.4) is 0 Å². The van der Waals surface area contributed by atoms with Crippen molar-refractivity contribution in [3.8, 4) is 11.3 Å². The van der Waals surface area contributed by atoms with Crippen LogP contribution < -0.4 is 11.1 Å². The van der Waals surface area contributed by atoms with Crippen molar-refractivity contribution < 1.29 is 43.2 Å². The molecule has 0 aliphatic heterocycles. The lowest BCUT2D eigenvalue weighted by Gasteiger charge is -2.19. The Bertz CT molecular complexity index is 4830. The summed E-state index contributed by atoms with van der Waals surface area (Å²) in [4.78, 5) is 121. The Morgan fingerprint density at radius 1 is 0.402 bits per heavy atom. The quantitative estimate of drug-likeness (QED) is 0.0949. The van der Waals surface area contributed by atoms with Crippen LogP contribution in [0.2, 0.25) is 0 Å². The SMILES string of the molecule is CC(=O)c1ccccc1N.CC(=O)c1ccccc1NC1=CC(=O)c2ccccc2C1=O.Cc1c2c(nc3ccccc13)C(=O)c1ccccc1C2=O.O=C1C=CC(=O)c2ccccc21.O=C1c2ccccc2-c2nccc3c2c1nc1ccccc13. The number of Topliss-reactive ketones (excluding diaryl/α,β-unsaturated/α-hetero) is 3. The van der Waals surface area contributed by atoms with Crippen molar-refractivity contribution in [2.45, 2.75) is 20.8 Å². The van der Waals surface area contributed by atoms with Crippen molar-refractivity contribution in [3.63, 3.8) is 0 Å². The number of aromatic nitrogens is 3. The Kier molecular flexibility index (Phi) is 15.8. The maximum Gasteiger partial charge on any atom is 0.212 e. The van der Waals surface area contributed by atoms with Crippen LogP contribution in [0.5, 0.6) is 0 Å². The molecule has 0 atom stereocenters. The third-order valence-electron chi connectivity index (χ3n) is 15.0. The van der Waals surface area contributed by atoms with E-state index >= 15 is 0 Å². The van der Waals surface area contributed by atoms with Crippen LogP contribution in [0.1, 0.15) is 130 Å². The molecule has 4 aliphatic carbocycles. The molecule has 0 radical (unpaired) electrons. The van der Waals surface area contributed by atoms with Crippen LogP contribution in [-0.4, -0.2) is 67.0 Å². The minimum atomic E-state index is -0.256. The largest absolute Gasteiger partial charge is 0.398 e. The zero-order valence-corrected chi connectivity index (χ0v) is 47.0. The van der Waals surface area contributed by atoms with Crippen molar-refractivity contribution in [3.05, 3.63) is 303 Å². The Morgan fingerprint density at radius 2 is 0.839 bits per heavy atom. The van der Waals surface area contributed by atoms with Gasteiger partial charge in [-0.2, -0.15) is 0 Å². The van der Waals surface area contributed by atoms with Gasteiger partial charge >= 0.3 is 0 Å². The minimum absolute atomic E-state index is 0.0121. The highest BCUT2D eigenvalue weighted by atomic mass is 16.2. The number of rotatable bonds is 4. The summed E-state index contributed by atoms with van der Waals surface area (Å²) in [7, 11) is 0. The number of carbonyl (C=O) groups excluding carboxylic acids is 9. The van der Waals surface area contributed by atoms with Gasteiger partial charge in [0.25, 0.3) is 0 Å². The van der Waals surface area contributed by atoms with Crippen molar-refractivity contribution in [1.29, 1.82) is 0 Å². The first-order valence-corrected chi connectivity index (χ1v) is 27.5. The Morgan fingerprint density at radius 3 is 1.43 bits per heavy atom. The molecule has 0 amide bonds. The molecular formula is C73H49N5O9. The second kappa shape index (κ2) is 24.1. The van der Waals surface area contributed by atoms with Gasteiger partial charge in [-0.25, -0.2) is 9.97 Å². The van der Waals surface area contributed by atoms with E-state index in [0.29, 0.717) is 72.7 Å². The molecule has 0 saturated carbocycles. The minimum Gasteiger partial charge on any atom is -0.398 e.